The summed E-state index contributed by atoms with van der Waals surface area (Å²) in [6.07, 6.45) is 0.972. The fraction of sp³-hybridized carbons (Fsp3) is 0.750. The molecule has 2 rings (SSSR count). The molecule has 24 heavy (non-hydrogen) atoms. The lowest BCUT2D eigenvalue weighted by Gasteiger charge is -2.24. The van der Waals surface area contributed by atoms with E-state index in [0.717, 1.165) is 43.3 Å². The topological polar surface area (TPSA) is 80.9 Å². The summed E-state index contributed by atoms with van der Waals surface area (Å²) >= 11 is 1.63. The molecule has 0 bridgehead atoms. The van der Waals surface area contributed by atoms with Crippen molar-refractivity contribution in [1.29, 1.82) is 0 Å². The molecule has 1 aliphatic heterocycles. The van der Waals surface area contributed by atoms with Crippen LogP contribution in [0.4, 0.5) is 0 Å². The summed E-state index contributed by atoms with van der Waals surface area (Å²) in [5, 5.41) is 3.09. The molecule has 1 aromatic heterocycles. The molecule has 0 saturated carbocycles. The Kier molecular flexibility index (Phi) is 7.57. The maximum absolute atomic E-state index is 12.3. The minimum atomic E-state index is -0.571. The molecule has 0 aliphatic carbocycles. The van der Waals surface area contributed by atoms with Gasteiger partial charge in [-0.05, 0) is 13.3 Å². The standard InChI is InChI=1S/C16H28N4O3S/c1-12(23-3)15-18-13(11-24-15)9-19-5-4-6-20(8-7-19)16(21)14(17)10-22-2/h11-12,14H,4-10,17H2,1-3H3. The van der Waals surface area contributed by atoms with Gasteiger partial charge in [-0.2, -0.15) is 0 Å². The van der Waals surface area contributed by atoms with Gasteiger partial charge in [-0.3, -0.25) is 9.69 Å². The predicted molar refractivity (Wildman–Crippen MR) is 93.9 cm³/mol. The number of methoxy groups -OCH3 is 2. The molecule has 1 aliphatic rings. The highest BCUT2D eigenvalue weighted by atomic mass is 32.1. The van der Waals surface area contributed by atoms with E-state index >= 15 is 0 Å². The number of carbonyl (C=O) groups excluding carboxylic acids is 1. The Bertz CT molecular complexity index is 525. The van der Waals surface area contributed by atoms with Gasteiger partial charge < -0.3 is 20.1 Å². The second-order valence-electron chi connectivity index (χ2n) is 6.07. The first kappa shape index (κ1) is 19.3. The van der Waals surface area contributed by atoms with Crippen LogP contribution in [0.15, 0.2) is 5.38 Å². The van der Waals surface area contributed by atoms with Crippen molar-refractivity contribution in [3.8, 4) is 0 Å². The molecule has 0 spiro atoms. The Labute approximate surface area is 147 Å². The summed E-state index contributed by atoms with van der Waals surface area (Å²) < 4.78 is 10.3. The van der Waals surface area contributed by atoms with Crippen molar-refractivity contribution in [2.45, 2.75) is 32.0 Å². The van der Waals surface area contributed by atoms with Crippen LogP contribution >= 0.6 is 11.3 Å². The Hall–Kier alpha value is -1.06. The van der Waals surface area contributed by atoms with Gasteiger partial charge in [0.25, 0.3) is 0 Å². The second-order valence-corrected chi connectivity index (χ2v) is 6.96. The van der Waals surface area contributed by atoms with Crippen molar-refractivity contribution in [3.05, 3.63) is 16.1 Å². The van der Waals surface area contributed by atoms with Crippen molar-refractivity contribution >= 4 is 17.2 Å². The van der Waals surface area contributed by atoms with E-state index < -0.39 is 6.04 Å². The molecular formula is C16H28N4O3S. The number of thiazole rings is 1. The van der Waals surface area contributed by atoms with Crippen molar-refractivity contribution < 1.29 is 14.3 Å². The van der Waals surface area contributed by atoms with Crippen molar-refractivity contribution in [2.75, 3.05) is 47.0 Å². The molecule has 8 heteroatoms. The van der Waals surface area contributed by atoms with E-state index in [2.05, 4.69) is 15.3 Å². The number of hydrogen-bond acceptors (Lipinski definition) is 7. The fourth-order valence-electron chi connectivity index (χ4n) is 2.75. The number of rotatable bonds is 7. The third-order valence-electron chi connectivity index (χ3n) is 4.22. The van der Waals surface area contributed by atoms with Gasteiger partial charge >= 0.3 is 0 Å². The molecule has 2 unspecified atom stereocenters. The molecule has 1 saturated heterocycles. The number of amides is 1. The zero-order valence-electron chi connectivity index (χ0n) is 14.7. The van der Waals surface area contributed by atoms with Gasteiger partial charge in [0.1, 0.15) is 17.2 Å². The van der Waals surface area contributed by atoms with E-state index in [1.54, 1.807) is 25.6 Å². The normalized spacial score (nSPS) is 19.1. The Morgan fingerprint density at radius 1 is 1.38 bits per heavy atom. The van der Waals surface area contributed by atoms with E-state index in [4.69, 9.17) is 15.2 Å². The van der Waals surface area contributed by atoms with Gasteiger partial charge in [0.15, 0.2) is 0 Å². The van der Waals surface area contributed by atoms with E-state index in [1.807, 2.05) is 11.8 Å². The number of carbonyl (C=O) groups is 1. The Morgan fingerprint density at radius 3 is 2.88 bits per heavy atom. The Morgan fingerprint density at radius 2 is 2.17 bits per heavy atom. The minimum absolute atomic E-state index is 0.0245. The maximum atomic E-state index is 12.3. The maximum Gasteiger partial charge on any atom is 0.241 e. The lowest BCUT2D eigenvalue weighted by molar-refractivity contribution is -0.133. The minimum Gasteiger partial charge on any atom is -0.383 e. The van der Waals surface area contributed by atoms with Gasteiger partial charge in [-0.1, -0.05) is 0 Å². The molecule has 2 heterocycles. The molecule has 0 radical (unpaired) electrons. The number of ether oxygens (including phenoxy) is 2. The highest BCUT2D eigenvalue weighted by Gasteiger charge is 2.24. The third kappa shape index (κ3) is 5.22. The molecular weight excluding hydrogens is 328 g/mol. The highest BCUT2D eigenvalue weighted by molar-refractivity contribution is 7.09. The largest absolute Gasteiger partial charge is 0.383 e. The summed E-state index contributed by atoms with van der Waals surface area (Å²) in [4.78, 5) is 21.1. The van der Waals surface area contributed by atoms with Crippen molar-refractivity contribution in [2.24, 2.45) is 5.73 Å². The summed E-state index contributed by atoms with van der Waals surface area (Å²) in [6.45, 7) is 6.30. The van der Waals surface area contributed by atoms with Crippen LogP contribution in [0.1, 0.15) is 30.2 Å². The first-order valence-electron chi connectivity index (χ1n) is 8.28. The van der Waals surface area contributed by atoms with Crippen molar-refractivity contribution in [1.82, 2.24) is 14.8 Å². The van der Waals surface area contributed by atoms with Crippen LogP contribution in [0.25, 0.3) is 0 Å². The van der Waals surface area contributed by atoms with Crippen LogP contribution in [0.2, 0.25) is 0 Å². The number of nitrogens with zero attached hydrogens (tertiary/aromatic N) is 3. The molecule has 1 fully saturated rings. The number of aromatic nitrogens is 1. The summed E-state index contributed by atoms with van der Waals surface area (Å²) in [6, 6.07) is -0.571. The lowest BCUT2D eigenvalue weighted by Crippen LogP contribution is -2.47. The molecule has 7 nitrogen and oxygen atoms in total. The zero-order chi connectivity index (χ0) is 17.5. The Balaban J connectivity index is 1.87. The summed E-state index contributed by atoms with van der Waals surface area (Å²) in [5.74, 6) is -0.0245. The van der Waals surface area contributed by atoms with Crippen molar-refractivity contribution in [3.63, 3.8) is 0 Å². The molecule has 1 aromatic rings. The monoisotopic (exact) mass is 356 g/mol. The quantitative estimate of drug-likeness (QED) is 0.780. The summed E-state index contributed by atoms with van der Waals surface area (Å²) in [5.41, 5.74) is 6.93. The van der Waals surface area contributed by atoms with E-state index in [9.17, 15) is 4.79 Å². The van der Waals surface area contributed by atoms with Crippen LogP contribution in [-0.4, -0.2) is 73.7 Å². The first-order chi connectivity index (χ1) is 11.5. The zero-order valence-corrected chi connectivity index (χ0v) is 15.6. The number of nitrogens with two attached hydrogens (primary N) is 1. The van der Waals surface area contributed by atoms with Crippen LogP contribution in [0, 0.1) is 0 Å². The van der Waals surface area contributed by atoms with Crippen LogP contribution < -0.4 is 5.73 Å². The molecule has 1 amide bonds. The van der Waals surface area contributed by atoms with Crippen LogP contribution in [-0.2, 0) is 20.8 Å². The van der Waals surface area contributed by atoms with Gasteiger partial charge in [-0.15, -0.1) is 11.3 Å². The molecule has 2 atom stereocenters. The molecule has 136 valence electrons. The van der Waals surface area contributed by atoms with Gasteiger partial charge in [-0.25, -0.2) is 4.98 Å². The highest BCUT2D eigenvalue weighted by Crippen LogP contribution is 2.21. The SMILES string of the molecule is COCC(N)C(=O)N1CCCN(Cc2csc(C(C)OC)n2)CC1. The van der Waals surface area contributed by atoms with Crippen LogP contribution in [0.5, 0.6) is 0 Å². The average Bonchev–Trinajstić information content (AvgIpc) is 2.92. The molecule has 0 aromatic carbocycles. The first-order valence-corrected chi connectivity index (χ1v) is 9.15. The van der Waals surface area contributed by atoms with E-state index in [-0.39, 0.29) is 18.6 Å². The number of hydrogen-bond donors (Lipinski definition) is 1. The van der Waals surface area contributed by atoms with Gasteiger partial charge in [0.05, 0.1) is 12.3 Å². The van der Waals surface area contributed by atoms with Gasteiger partial charge in [0, 0.05) is 52.3 Å². The predicted octanol–water partition coefficient (Wildman–Crippen LogP) is 0.859. The van der Waals surface area contributed by atoms with Gasteiger partial charge in [0.2, 0.25) is 5.91 Å². The second kappa shape index (κ2) is 9.43. The lowest BCUT2D eigenvalue weighted by atomic mass is 10.2. The summed E-state index contributed by atoms with van der Waals surface area (Å²) in [7, 11) is 3.25. The van der Waals surface area contributed by atoms with Crippen LogP contribution in [0.3, 0.4) is 0 Å². The average molecular weight is 356 g/mol. The third-order valence-corrected chi connectivity index (χ3v) is 5.27. The molecule has 2 N–H and O–H groups in total. The smallest absolute Gasteiger partial charge is 0.241 e. The van der Waals surface area contributed by atoms with E-state index in [1.165, 1.54) is 0 Å². The van der Waals surface area contributed by atoms with E-state index in [0.29, 0.717) is 6.54 Å². The fourth-order valence-corrected chi connectivity index (χ4v) is 3.59.